The third-order valence-electron chi connectivity index (χ3n) is 1.52. The Bertz CT molecular complexity index is 280. The molecule has 0 amide bonds. The number of thioether (sulfide) groups is 1. The van der Waals surface area contributed by atoms with Crippen LogP contribution < -0.4 is 10.5 Å². The second-order valence-corrected chi connectivity index (χ2v) is 3.51. The lowest BCUT2D eigenvalue weighted by Crippen LogP contribution is -2.02. The van der Waals surface area contributed by atoms with E-state index in [-0.39, 0.29) is 5.82 Å². The van der Waals surface area contributed by atoms with Crippen molar-refractivity contribution < 1.29 is 9.13 Å². The van der Waals surface area contributed by atoms with E-state index < -0.39 is 0 Å². The van der Waals surface area contributed by atoms with Crippen LogP contribution in [0.15, 0.2) is 18.2 Å². The normalized spacial score (nSPS) is 10.0. The second-order valence-electron chi connectivity index (χ2n) is 2.52. The SMILES string of the molecule is CSCCOc1cc(F)ccc1N. The molecule has 4 heteroatoms. The van der Waals surface area contributed by atoms with Crippen molar-refractivity contribution in [1.29, 1.82) is 0 Å². The molecule has 0 aromatic heterocycles. The van der Waals surface area contributed by atoms with Crippen molar-refractivity contribution in [1.82, 2.24) is 0 Å². The van der Waals surface area contributed by atoms with Gasteiger partial charge in [0, 0.05) is 11.8 Å². The molecule has 0 aliphatic heterocycles. The van der Waals surface area contributed by atoms with Gasteiger partial charge >= 0.3 is 0 Å². The Morgan fingerprint density at radius 2 is 2.31 bits per heavy atom. The number of anilines is 1. The fourth-order valence-corrected chi connectivity index (χ4v) is 1.12. The topological polar surface area (TPSA) is 35.2 Å². The fourth-order valence-electron chi connectivity index (χ4n) is 0.868. The number of benzene rings is 1. The van der Waals surface area contributed by atoms with E-state index in [9.17, 15) is 4.39 Å². The summed E-state index contributed by atoms with van der Waals surface area (Å²) in [6.07, 6.45) is 1.98. The van der Waals surface area contributed by atoms with Crippen LogP contribution in [0.1, 0.15) is 0 Å². The van der Waals surface area contributed by atoms with Crippen LogP contribution in [0, 0.1) is 5.82 Å². The Balaban J connectivity index is 2.59. The van der Waals surface area contributed by atoms with E-state index in [4.69, 9.17) is 10.5 Å². The molecule has 72 valence electrons. The number of ether oxygens (including phenoxy) is 1. The maximum Gasteiger partial charge on any atom is 0.145 e. The molecule has 0 fully saturated rings. The zero-order valence-electron chi connectivity index (χ0n) is 7.42. The summed E-state index contributed by atoms with van der Waals surface area (Å²) in [6.45, 7) is 0.550. The molecule has 0 saturated carbocycles. The highest BCUT2D eigenvalue weighted by Crippen LogP contribution is 2.21. The first-order chi connectivity index (χ1) is 6.24. The molecular formula is C9H12FNOS. The average molecular weight is 201 g/mol. The number of hydrogen-bond acceptors (Lipinski definition) is 3. The van der Waals surface area contributed by atoms with Gasteiger partial charge in [0.1, 0.15) is 11.6 Å². The molecule has 0 spiro atoms. The molecule has 1 aromatic rings. The van der Waals surface area contributed by atoms with Crippen molar-refractivity contribution in [2.45, 2.75) is 0 Å². The van der Waals surface area contributed by atoms with Gasteiger partial charge in [0.05, 0.1) is 12.3 Å². The Kier molecular flexibility index (Phi) is 3.89. The highest BCUT2D eigenvalue weighted by Gasteiger charge is 2.01. The van der Waals surface area contributed by atoms with E-state index in [1.54, 1.807) is 11.8 Å². The second kappa shape index (κ2) is 4.97. The Morgan fingerprint density at radius 1 is 1.54 bits per heavy atom. The summed E-state index contributed by atoms with van der Waals surface area (Å²) in [4.78, 5) is 0. The molecule has 13 heavy (non-hydrogen) atoms. The summed E-state index contributed by atoms with van der Waals surface area (Å²) in [5.74, 6) is 0.970. The van der Waals surface area contributed by atoms with Gasteiger partial charge < -0.3 is 10.5 Å². The Morgan fingerprint density at radius 3 is 3.00 bits per heavy atom. The van der Waals surface area contributed by atoms with Crippen LogP contribution in [0.4, 0.5) is 10.1 Å². The van der Waals surface area contributed by atoms with E-state index in [2.05, 4.69) is 0 Å². The minimum Gasteiger partial charge on any atom is -0.490 e. The Labute approximate surface area is 81.3 Å². The molecule has 0 aliphatic carbocycles. The molecule has 2 nitrogen and oxygen atoms in total. The molecule has 0 bridgehead atoms. The van der Waals surface area contributed by atoms with Gasteiger partial charge in [-0.05, 0) is 18.4 Å². The predicted octanol–water partition coefficient (Wildman–Crippen LogP) is 2.15. The average Bonchev–Trinajstić information content (AvgIpc) is 2.11. The monoisotopic (exact) mass is 201 g/mol. The smallest absolute Gasteiger partial charge is 0.145 e. The molecule has 0 unspecified atom stereocenters. The zero-order valence-corrected chi connectivity index (χ0v) is 8.23. The van der Waals surface area contributed by atoms with Crippen LogP contribution in [-0.4, -0.2) is 18.6 Å². The van der Waals surface area contributed by atoms with Gasteiger partial charge in [-0.25, -0.2) is 4.39 Å². The quantitative estimate of drug-likeness (QED) is 0.599. The van der Waals surface area contributed by atoms with Gasteiger partial charge in [-0.1, -0.05) is 0 Å². The third-order valence-corrected chi connectivity index (χ3v) is 2.10. The van der Waals surface area contributed by atoms with E-state index >= 15 is 0 Å². The van der Waals surface area contributed by atoms with Crippen molar-refractivity contribution in [2.75, 3.05) is 24.3 Å². The van der Waals surface area contributed by atoms with E-state index in [1.165, 1.54) is 18.2 Å². The molecule has 0 atom stereocenters. The highest BCUT2D eigenvalue weighted by atomic mass is 32.2. The zero-order chi connectivity index (χ0) is 9.68. The minimum absolute atomic E-state index is 0.326. The van der Waals surface area contributed by atoms with Crippen LogP contribution in [0.25, 0.3) is 0 Å². The predicted molar refractivity (Wildman–Crippen MR) is 54.7 cm³/mol. The summed E-state index contributed by atoms with van der Waals surface area (Å²) in [6, 6.07) is 4.12. The molecular weight excluding hydrogens is 189 g/mol. The summed E-state index contributed by atoms with van der Waals surface area (Å²) >= 11 is 1.67. The number of nitrogen functional groups attached to an aromatic ring is 1. The van der Waals surface area contributed by atoms with Crippen molar-refractivity contribution in [3.8, 4) is 5.75 Å². The van der Waals surface area contributed by atoms with Crippen LogP contribution in [-0.2, 0) is 0 Å². The molecule has 0 saturated heterocycles. The van der Waals surface area contributed by atoms with Crippen molar-refractivity contribution in [2.24, 2.45) is 0 Å². The lowest BCUT2D eigenvalue weighted by Gasteiger charge is -2.07. The number of nitrogens with two attached hydrogens (primary N) is 1. The van der Waals surface area contributed by atoms with Crippen molar-refractivity contribution >= 4 is 17.4 Å². The first-order valence-electron chi connectivity index (χ1n) is 3.91. The van der Waals surface area contributed by atoms with Crippen LogP contribution in [0.2, 0.25) is 0 Å². The lowest BCUT2D eigenvalue weighted by atomic mass is 10.3. The molecule has 0 heterocycles. The highest BCUT2D eigenvalue weighted by molar-refractivity contribution is 7.98. The van der Waals surface area contributed by atoms with Gasteiger partial charge in [-0.2, -0.15) is 11.8 Å². The maximum atomic E-state index is 12.7. The van der Waals surface area contributed by atoms with Gasteiger partial charge in [0.2, 0.25) is 0 Å². The van der Waals surface area contributed by atoms with Crippen molar-refractivity contribution in [3.63, 3.8) is 0 Å². The lowest BCUT2D eigenvalue weighted by molar-refractivity contribution is 0.344. The van der Waals surface area contributed by atoms with E-state index in [1.807, 2.05) is 6.26 Å². The van der Waals surface area contributed by atoms with Gasteiger partial charge in [-0.3, -0.25) is 0 Å². The molecule has 1 rings (SSSR count). The third kappa shape index (κ3) is 3.14. The van der Waals surface area contributed by atoms with E-state index in [0.29, 0.717) is 18.0 Å². The van der Waals surface area contributed by atoms with E-state index in [0.717, 1.165) is 5.75 Å². The first-order valence-corrected chi connectivity index (χ1v) is 5.30. The number of hydrogen-bond donors (Lipinski definition) is 1. The van der Waals surface area contributed by atoms with Gasteiger partial charge in [0.15, 0.2) is 0 Å². The van der Waals surface area contributed by atoms with Crippen molar-refractivity contribution in [3.05, 3.63) is 24.0 Å². The largest absolute Gasteiger partial charge is 0.490 e. The number of rotatable bonds is 4. The van der Waals surface area contributed by atoms with Crippen LogP contribution in [0.3, 0.4) is 0 Å². The summed E-state index contributed by atoms with van der Waals surface area (Å²) < 4.78 is 18.0. The number of halogens is 1. The first kappa shape index (κ1) is 10.2. The molecule has 0 radical (unpaired) electrons. The Hall–Kier alpha value is -0.900. The summed E-state index contributed by atoms with van der Waals surface area (Å²) in [5, 5.41) is 0. The summed E-state index contributed by atoms with van der Waals surface area (Å²) in [7, 11) is 0. The van der Waals surface area contributed by atoms with Crippen LogP contribution in [0.5, 0.6) is 5.75 Å². The molecule has 2 N–H and O–H groups in total. The summed E-state index contributed by atoms with van der Waals surface area (Å²) in [5.41, 5.74) is 6.05. The van der Waals surface area contributed by atoms with Gasteiger partial charge in [-0.15, -0.1) is 0 Å². The fraction of sp³-hybridized carbons (Fsp3) is 0.333. The van der Waals surface area contributed by atoms with Gasteiger partial charge in [0.25, 0.3) is 0 Å². The molecule has 0 aliphatic rings. The van der Waals surface area contributed by atoms with Crippen LogP contribution >= 0.6 is 11.8 Å². The standard InChI is InChI=1S/C9H12FNOS/c1-13-5-4-12-9-6-7(10)2-3-8(9)11/h2-3,6H,4-5,11H2,1H3. The maximum absolute atomic E-state index is 12.7. The minimum atomic E-state index is -0.326. The molecule has 1 aromatic carbocycles.